The van der Waals surface area contributed by atoms with Crippen LogP contribution in [-0.2, 0) is 0 Å². The van der Waals surface area contributed by atoms with Gasteiger partial charge in [0.15, 0.2) is 0 Å². The lowest BCUT2D eigenvalue weighted by Crippen LogP contribution is -2.10. The van der Waals surface area contributed by atoms with Crippen molar-refractivity contribution in [3.63, 3.8) is 0 Å². The average molecular weight is 129 g/mol. The van der Waals surface area contributed by atoms with E-state index in [1.807, 2.05) is 0 Å². The van der Waals surface area contributed by atoms with Gasteiger partial charge in [-0.25, -0.2) is 4.40 Å². The van der Waals surface area contributed by atoms with Crippen LogP contribution < -0.4 is 0 Å². The smallest absolute Gasteiger partial charge is 0.0316 e. The highest BCUT2D eigenvalue weighted by molar-refractivity contribution is 7.99. The highest BCUT2D eigenvalue weighted by Gasteiger charge is 2.20. The summed E-state index contributed by atoms with van der Waals surface area (Å²) in [5.41, 5.74) is 1.29. The maximum absolute atomic E-state index is 4.23. The van der Waals surface area contributed by atoms with Crippen LogP contribution in [0.15, 0.2) is 4.40 Å². The van der Waals surface area contributed by atoms with Crippen LogP contribution in [0.5, 0.6) is 0 Å². The lowest BCUT2D eigenvalue weighted by atomic mass is 10.0. The molecule has 1 aliphatic rings. The largest absolute Gasteiger partial charge is 0.225 e. The molecule has 0 spiro atoms. The molecule has 0 aromatic rings. The normalized spacial score (nSPS) is 37.6. The first kappa shape index (κ1) is 6.14. The van der Waals surface area contributed by atoms with Gasteiger partial charge in [-0.05, 0) is 18.9 Å². The molecule has 0 aromatic heterocycles. The summed E-state index contributed by atoms with van der Waals surface area (Å²) in [5.74, 6) is 0.694. The summed E-state index contributed by atoms with van der Waals surface area (Å²) in [6.07, 6.45) is 0. The fourth-order valence-corrected chi connectivity index (χ4v) is 1.56. The minimum absolute atomic E-state index is 0.694. The summed E-state index contributed by atoms with van der Waals surface area (Å²) in [7, 11) is 0. The van der Waals surface area contributed by atoms with Crippen LogP contribution in [0.3, 0.4) is 0 Å². The molecule has 0 aromatic carbocycles. The molecule has 0 amide bonds. The lowest BCUT2D eigenvalue weighted by Gasteiger charge is -2.05. The quantitative estimate of drug-likeness (QED) is 0.456. The van der Waals surface area contributed by atoms with Crippen molar-refractivity contribution in [3.8, 4) is 0 Å². The number of hydrogen-bond donors (Lipinski definition) is 0. The van der Waals surface area contributed by atoms with Crippen molar-refractivity contribution in [1.29, 1.82) is 0 Å². The zero-order valence-electron chi connectivity index (χ0n) is 5.51. The SMILES string of the molecule is CC1=NS[C@H](C)[C@@H]1C. The minimum atomic E-state index is 0.694. The van der Waals surface area contributed by atoms with E-state index in [9.17, 15) is 0 Å². The van der Waals surface area contributed by atoms with Crippen molar-refractivity contribution >= 4 is 17.7 Å². The van der Waals surface area contributed by atoms with Crippen molar-refractivity contribution in [3.05, 3.63) is 0 Å². The molecular weight excluding hydrogens is 118 g/mol. The van der Waals surface area contributed by atoms with Crippen LogP contribution in [0.2, 0.25) is 0 Å². The fraction of sp³-hybridized carbons (Fsp3) is 0.833. The second-order valence-corrected chi connectivity index (χ2v) is 3.47. The van der Waals surface area contributed by atoms with Crippen LogP contribution in [-0.4, -0.2) is 11.0 Å². The van der Waals surface area contributed by atoms with E-state index in [1.165, 1.54) is 5.71 Å². The Bertz CT molecular complexity index is 120. The molecule has 0 radical (unpaired) electrons. The van der Waals surface area contributed by atoms with Crippen LogP contribution in [0, 0.1) is 5.92 Å². The van der Waals surface area contributed by atoms with Gasteiger partial charge in [0, 0.05) is 16.9 Å². The standard InChI is InChI=1S/C6H11NS/c1-4-5(2)7-8-6(4)3/h4,6H,1-3H3/t4-,6-/m1/s1. The zero-order valence-corrected chi connectivity index (χ0v) is 6.33. The molecule has 0 saturated carbocycles. The molecular formula is C6H11NS. The molecule has 0 N–H and O–H groups in total. The molecule has 0 bridgehead atoms. The zero-order chi connectivity index (χ0) is 6.15. The number of rotatable bonds is 0. The summed E-state index contributed by atoms with van der Waals surface area (Å²) in [5, 5.41) is 0.704. The molecule has 2 atom stereocenters. The van der Waals surface area contributed by atoms with Gasteiger partial charge in [0.05, 0.1) is 0 Å². The topological polar surface area (TPSA) is 12.4 Å². The number of hydrogen-bond acceptors (Lipinski definition) is 2. The van der Waals surface area contributed by atoms with Crippen molar-refractivity contribution in [2.45, 2.75) is 26.0 Å². The molecule has 1 nitrogen and oxygen atoms in total. The van der Waals surface area contributed by atoms with E-state index < -0.39 is 0 Å². The maximum Gasteiger partial charge on any atom is 0.0316 e. The van der Waals surface area contributed by atoms with Crippen LogP contribution in [0.1, 0.15) is 20.8 Å². The Labute approximate surface area is 54.7 Å². The Hall–Kier alpha value is 0.0200. The Kier molecular flexibility index (Phi) is 1.61. The third kappa shape index (κ3) is 0.895. The van der Waals surface area contributed by atoms with E-state index >= 15 is 0 Å². The first-order chi connectivity index (χ1) is 3.72. The Morgan fingerprint density at radius 2 is 2.12 bits per heavy atom. The van der Waals surface area contributed by atoms with E-state index in [4.69, 9.17) is 0 Å². The molecule has 8 heavy (non-hydrogen) atoms. The maximum atomic E-state index is 4.23. The van der Waals surface area contributed by atoms with Gasteiger partial charge >= 0.3 is 0 Å². The molecule has 1 aliphatic heterocycles. The summed E-state index contributed by atoms with van der Waals surface area (Å²) in [4.78, 5) is 0. The molecule has 0 saturated heterocycles. The highest BCUT2D eigenvalue weighted by Crippen LogP contribution is 2.28. The van der Waals surface area contributed by atoms with Gasteiger partial charge in [-0.3, -0.25) is 0 Å². The molecule has 46 valence electrons. The number of nitrogens with zero attached hydrogens (tertiary/aromatic N) is 1. The van der Waals surface area contributed by atoms with E-state index in [-0.39, 0.29) is 0 Å². The predicted octanol–water partition coefficient (Wildman–Crippen LogP) is 2.13. The molecule has 0 aliphatic carbocycles. The first-order valence-electron chi connectivity index (χ1n) is 2.92. The second-order valence-electron chi connectivity index (χ2n) is 2.33. The van der Waals surface area contributed by atoms with Crippen molar-refractivity contribution in [1.82, 2.24) is 0 Å². The molecule has 0 unspecified atom stereocenters. The van der Waals surface area contributed by atoms with Crippen LogP contribution in [0.25, 0.3) is 0 Å². The average Bonchev–Trinajstić information content (AvgIpc) is 1.98. The van der Waals surface area contributed by atoms with Gasteiger partial charge in [0.1, 0.15) is 0 Å². The van der Waals surface area contributed by atoms with Crippen molar-refractivity contribution in [2.24, 2.45) is 10.3 Å². The van der Waals surface area contributed by atoms with Crippen LogP contribution >= 0.6 is 11.9 Å². The minimum Gasteiger partial charge on any atom is -0.225 e. The summed E-state index contributed by atoms with van der Waals surface area (Å²) < 4.78 is 4.23. The van der Waals surface area contributed by atoms with Crippen molar-refractivity contribution in [2.75, 3.05) is 0 Å². The van der Waals surface area contributed by atoms with Gasteiger partial charge < -0.3 is 0 Å². The van der Waals surface area contributed by atoms with E-state index in [1.54, 1.807) is 11.9 Å². The van der Waals surface area contributed by atoms with Gasteiger partial charge in [-0.15, -0.1) is 0 Å². The Morgan fingerprint density at radius 1 is 1.50 bits per heavy atom. The Balaban J connectivity index is 2.59. The van der Waals surface area contributed by atoms with E-state index in [0.29, 0.717) is 11.2 Å². The summed E-state index contributed by atoms with van der Waals surface area (Å²) >= 11 is 1.70. The van der Waals surface area contributed by atoms with Crippen LogP contribution in [0.4, 0.5) is 0 Å². The van der Waals surface area contributed by atoms with Gasteiger partial charge in [-0.1, -0.05) is 13.8 Å². The molecule has 2 heteroatoms. The summed E-state index contributed by atoms with van der Waals surface area (Å²) in [6, 6.07) is 0. The Morgan fingerprint density at radius 3 is 2.25 bits per heavy atom. The fourth-order valence-electron chi connectivity index (χ4n) is 0.680. The monoisotopic (exact) mass is 129 g/mol. The summed E-state index contributed by atoms with van der Waals surface area (Å²) in [6.45, 7) is 6.54. The third-order valence-electron chi connectivity index (χ3n) is 1.73. The molecule has 1 heterocycles. The van der Waals surface area contributed by atoms with Gasteiger partial charge in [0.25, 0.3) is 0 Å². The third-order valence-corrected chi connectivity index (χ3v) is 2.86. The van der Waals surface area contributed by atoms with E-state index in [2.05, 4.69) is 25.2 Å². The lowest BCUT2D eigenvalue weighted by molar-refractivity contribution is 0.771. The molecule has 1 rings (SSSR count). The first-order valence-corrected chi connectivity index (χ1v) is 3.76. The molecule has 0 fully saturated rings. The highest BCUT2D eigenvalue weighted by atomic mass is 32.2. The van der Waals surface area contributed by atoms with Gasteiger partial charge in [0.2, 0.25) is 0 Å². The predicted molar refractivity (Wildman–Crippen MR) is 39.3 cm³/mol. The van der Waals surface area contributed by atoms with E-state index in [0.717, 1.165) is 0 Å². The van der Waals surface area contributed by atoms with Gasteiger partial charge in [-0.2, -0.15) is 0 Å². The van der Waals surface area contributed by atoms with Crippen molar-refractivity contribution < 1.29 is 0 Å². The second kappa shape index (κ2) is 2.09.